The van der Waals surface area contributed by atoms with Crippen LogP contribution in [0.3, 0.4) is 0 Å². The van der Waals surface area contributed by atoms with Crippen LogP contribution in [0.15, 0.2) is 48.5 Å². The van der Waals surface area contributed by atoms with Crippen LogP contribution in [0, 0.1) is 0 Å². The molecule has 2 aromatic carbocycles. The Bertz CT molecular complexity index is 841. The average molecular weight is 360 g/mol. The molecule has 0 saturated carbocycles. The Morgan fingerprint density at radius 3 is 2.23 bits per heavy atom. The summed E-state index contributed by atoms with van der Waals surface area (Å²) in [5, 5.41) is 47.5. The van der Waals surface area contributed by atoms with Crippen molar-refractivity contribution in [3.8, 4) is 17.2 Å². The molecule has 26 heavy (non-hydrogen) atoms. The molecule has 0 aliphatic carbocycles. The van der Waals surface area contributed by atoms with Gasteiger partial charge in [-0.25, -0.2) is 9.59 Å². The second-order valence-corrected chi connectivity index (χ2v) is 5.36. The molecule has 0 aliphatic rings. The van der Waals surface area contributed by atoms with E-state index in [1.54, 1.807) is 0 Å². The molecule has 5 N–H and O–H groups in total. The monoisotopic (exact) mass is 360 g/mol. The summed E-state index contributed by atoms with van der Waals surface area (Å²) in [6.45, 7) is -1.04. The maximum absolute atomic E-state index is 12.1. The van der Waals surface area contributed by atoms with E-state index in [2.05, 4.69) is 4.74 Å². The van der Waals surface area contributed by atoms with Crippen molar-refractivity contribution < 1.29 is 39.9 Å². The van der Waals surface area contributed by atoms with Gasteiger partial charge in [0.1, 0.15) is 5.75 Å². The minimum atomic E-state index is -2.48. The average Bonchev–Trinajstić information content (AvgIpc) is 2.62. The molecule has 0 radical (unpaired) electrons. The SMILES string of the molecule is O=C(C=Cc1ccc(O)c(O)c1)OC(=O)C(O)(CO)c1ccc(O)cc1. The summed E-state index contributed by atoms with van der Waals surface area (Å²) in [5.41, 5.74) is -2.20. The van der Waals surface area contributed by atoms with Gasteiger partial charge in [0.25, 0.3) is 0 Å². The van der Waals surface area contributed by atoms with Crippen molar-refractivity contribution in [2.24, 2.45) is 0 Å². The van der Waals surface area contributed by atoms with Gasteiger partial charge in [0, 0.05) is 6.08 Å². The van der Waals surface area contributed by atoms with Gasteiger partial charge in [-0.15, -0.1) is 0 Å². The van der Waals surface area contributed by atoms with E-state index in [1.165, 1.54) is 48.5 Å². The number of phenols is 3. The molecule has 0 aliphatic heterocycles. The summed E-state index contributed by atoms with van der Waals surface area (Å²) in [4.78, 5) is 23.8. The predicted octanol–water partition coefficient (Wildman–Crippen LogP) is 0.766. The summed E-state index contributed by atoms with van der Waals surface area (Å²) >= 11 is 0. The topological polar surface area (TPSA) is 145 Å². The number of esters is 2. The number of aliphatic hydroxyl groups is 2. The molecule has 0 bridgehead atoms. The van der Waals surface area contributed by atoms with E-state index in [9.17, 15) is 35.1 Å². The third-order valence-corrected chi connectivity index (χ3v) is 3.52. The third-order valence-electron chi connectivity index (χ3n) is 3.52. The minimum absolute atomic E-state index is 0.0666. The number of rotatable bonds is 5. The highest BCUT2D eigenvalue weighted by Crippen LogP contribution is 2.26. The highest BCUT2D eigenvalue weighted by atomic mass is 16.6. The Morgan fingerprint density at radius 1 is 1.00 bits per heavy atom. The maximum atomic E-state index is 12.1. The van der Waals surface area contributed by atoms with E-state index >= 15 is 0 Å². The molecule has 0 saturated heterocycles. The fourth-order valence-corrected chi connectivity index (χ4v) is 2.03. The number of hydrogen-bond acceptors (Lipinski definition) is 8. The number of phenolic OH excluding ortho intramolecular Hbond substituents is 3. The lowest BCUT2D eigenvalue weighted by atomic mass is 9.95. The first-order valence-corrected chi connectivity index (χ1v) is 7.35. The molecule has 0 fully saturated rings. The van der Waals surface area contributed by atoms with Gasteiger partial charge in [0.2, 0.25) is 5.60 Å². The van der Waals surface area contributed by atoms with Crippen LogP contribution in [0.25, 0.3) is 6.08 Å². The quantitative estimate of drug-likeness (QED) is 0.227. The smallest absolute Gasteiger partial charge is 0.353 e. The molecule has 2 aromatic rings. The molecule has 1 unspecified atom stereocenters. The maximum Gasteiger partial charge on any atom is 0.353 e. The number of benzene rings is 2. The first-order valence-electron chi connectivity index (χ1n) is 7.35. The number of ether oxygens (including phenoxy) is 1. The lowest BCUT2D eigenvalue weighted by Gasteiger charge is -2.23. The highest BCUT2D eigenvalue weighted by Gasteiger charge is 2.40. The van der Waals surface area contributed by atoms with Gasteiger partial charge in [-0.1, -0.05) is 18.2 Å². The van der Waals surface area contributed by atoms with Crippen LogP contribution in [-0.4, -0.2) is 44.1 Å². The van der Waals surface area contributed by atoms with Crippen molar-refractivity contribution in [3.05, 3.63) is 59.7 Å². The van der Waals surface area contributed by atoms with Crippen molar-refractivity contribution in [2.75, 3.05) is 6.61 Å². The van der Waals surface area contributed by atoms with Crippen molar-refractivity contribution in [3.63, 3.8) is 0 Å². The highest BCUT2D eigenvalue weighted by molar-refractivity contribution is 5.97. The summed E-state index contributed by atoms with van der Waals surface area (Å²) in [7, 11) is 0. The number of carbonyl (C=O) groups is 2. The zero-order chi connectivity index (χ0) is 19.3. The van der Waals surface area contributed by atoms with Crippen molar-refractivity contribution >= 4 is 18.0 Å². The van der Waals surface area contributed by atoms with Crippen molar-refractivity contribution in [1.82, 2.24) is 0 Å². The summed E-state index contributed by atoms with van der Waals surface area (Å²) in [6, 6.07) is 8.59. The fraction of sp³-hybridized carbons (Fsp3) is 0.111. The molecule has 136 valence electrons. The molecular weight excluding hydrogens is 344 g/mol. The zero-order valence-corrected chi connectivity index (χ0v) is 13.4. The molecule has 0 amide bonds. The van der Waals surface area contributed by atoms with Gasteiger partial charge in [0.05, 0.1) is 6.61 Å². The molecule has 0 heterocycles. The van der Waals surface area contributed by atoms with E-state index in [-0.39, 0.29) is 17.1 Å². The van der Waals surface area contributed by atoms with Gasteiger partial charge in [-0.05, 0) is 41.5 Å². The van der Waals surface area contributed by atoms with Crippen LogP contribution in [0.1, 0.15) is 11.1 Å². The first kappa shape index (κ1) is 19.0. The van der Waals surface area contributed by atoms with Gasteiger partial charge >= 0.3 is 11.9 Å². The Kier molecular flexibility index (Phi) is 5.61. The Morgan fingerprint density at radius 2 is 1.65 bits per heavy atom. The number of carbonyl (C=O) groups excluding carboxylic acids is 2. The standard InChI is InChI=1S/C18H16O8/c19-10-18(25,12-3-5-13(20)6-4-12)17(24)26-16(23)8-2-11-1-7-14(21)15(22)9-11/h1-9,19-22,25H,10H2. The van der Waals surface area contributed by atoms with Crippen LogP contribution in [0.4, 0.5) is 0 Å². The molecule has 1 atom stereocenters. The van der Waals surface area contributed by atoms with E-state index in [4.69, 9.17) is 0 Å². The van der Waals surface area contributed by atoms with E-state index in [0.717, 1.165) is 6.08 Å². The van der Waals surface area contributed by atoms with Gasteiger partial charge in [-0.2, -0.15) is 0 Å². The Hall–Kier alpha value is -3.36. The summed E-state index contributed by atoms with van der Waals surface area (Å²) in [6.07, 6.45) is 2.09. The van der Waals surface area contributed by atoms with Crippen LogP contribution >= 0.6 is 0 Å². The fourth-order valence-electron chi connectivity index (χ4n) is 2.03. The third kappa shape index (κ3) is 4.18. The number of hydrogen-bond donors (Lipinski definition) is 5. The van der Waals surface area contributed by atoms with Crippen molar-refractivity contribution in [1.29, 1.82) is 0 Å². The number of aromatic hydroxyl groups is 3. The lowest BCUT2D eigenvalue weighted by Crippen LogP contribution is -2.41. The molecule has 2 rings (SSSR count). The normalized spacial score (nSPS) is 13.3. The van der Waals surface area contributed by atoms with Gasteiger partial charge < -0.3 is 30.3 Å². The van der Waals surface area contributed by atoms with Crippen molar-refractivity contribution in [2.45, 2.75) is 5.60 Å². The Labute approximate surface area is 147 Å². The lowest BCUT2D eigenvalue weighted by molar-refractivity contribution is -0.176. The van der Waals surface area contributed by atoms with Crippen LogP contribution in [0.2, 0.25) is 0 Å². The Balaban J connectivity index is 2.11. The summed E-state index contributed by atoms with van der Waals surface area (Å²) in [5.74, 6) is -3.35. The van der Waals surface area contributed by atoms with E-state index in [1.807, 2.05) is 0 Å². The molecular formula is C18H16O8. The molecule has 8 nitrogen and oxygen atoms in total. The van der Waals surface area contributed by atoms with Crippen LogP contribution in [0.5, 0.6) is 17.2 Å². The number of aliphatic hydroxyl groups excluding tert-OH is 1. The predicted molar refractivity (Wildman–Crippen MR) is 89.0 cm³/mol. The first-order chi connectivity index (χ1) is 12.3. The van der Waals surface area contributed by atoms with Crippen LogP contribution < -0.4 is 0 Å². The van der Waals surface area contributed by atoms with Gasteiger partial charge in [0.15, 0.2) is 11.5 Å². The molecule has 0 spiro atoms. The minimum Gasteiger partial charge on any atom is -0.508 e. The van der Waals surface area contributed by atoms with Gasteiger partial charge in [-0.3, -0.25) is 0 Å². The van der Waals surface area contributed by atoms with E-state index in [0.29, 0.717) is 5.56 Å². The largest absolute Gasteiger partial charge is 0.508 e. The molecule has 8 heteroatoms. The second-order valence-electron chi connectivity index (χ2n) is 5.36. The summed E-state index contributed by atoms with van der Waals surface area (Å²) < 4.78 is 4.52. The zero-order valence-electron chi connectivity index (χ0n) is 13.4. The van der Waals surface area contributed by atoms with E-state index < -0.39 is 29.9 Å². The molecule has 0 aromatic heterocycles. The van der Waals surface area contributed by atoms with Crippen LogP contribution in [-0.2, 0) is 19.9 Å². The second kappa shape index (κ2) is 7.68.